The van der Waals surface area contributed by atoms with Crippen LogP contribution in [-0.2, 0) is 28.4 Å². The monoisotopic (exact) mass is 422 g/mol. The van der Waals surface area contributed by atoms with Crippen LogP contribution in [0.4, 0.5) is 0 Å². The fraction of sp³-hybridized carbons (Fsp3) is 0.583. The van der Waals surface area contributed by atoms with Crippen molar-refractivity contribution in [1.29, 1.82) is 0 Å². The number of rotatable bonds is 18. The Bertz CT molecular complexity index is 562. The van der Waals surface area contributed by atoms with Crippen LogP contribution in [0.15, 0.2) is 36.8 Å². The molecule has 30 heavy (non-hydrogen) atoms. The Balaban J connectivity index is 2.35. The highest BCUT2D eigenvalue weighted by molar-refractivity contribution is 5.70. The molecule has 0 radical (unpaired) electrons. The summed E-state index contributed by atoms with van der Waals surface area (Å²) in [5.74, 6) is 0. The molecular weight excluding hydrogens is 384 g/mol. The molecule has 0 spiro atoms. The van der Waals surface area contributed by atoms with Crippen molar-refractivity contribution in [1.82, 2.24) is 0 Å². The molecular formula is C24H38O6. The van der Waals surface area contributed by atoms with Gasteiger partial charge in [0.15, 0.2) is 0 Å². The zero-order valence-corrected chi connectivity index (χ0v) is 19.0. The summed E-state index contributed by atoms with van der Waals surface area (Å²) in [4.78, 5) is 0. The minimum atomic E-state index is 0.516. The van der Waals surface area contributed by atoms with E-state index < -0.39 is 0 Å². The van der Waals surface area contributed by atoms with Crippen LogP contribution in [0.3, 0.4) is 0 Å². The van der Waals surface area contributed by atoms with E-state index in [-0.39, 0.29) is 0 Å². The topological polar surface area (TPSA) is 55.4 Å². The van der Waals surface area contributed by atoms with Gasteiger partial charge >= 0.3 is 0 Å². The summed E-state index contributed by atoms with van der Waals surface area (Å²) in [5.41, 5.74) is 4.33. The fourth-order valence-electron chi connectivity index (χ4n) is 2.46. The van der Waals surface area contributed by atoms with Crippen LogP contribution in [0.5, 0.6) is 0 Å². The van der Waals surface area contributed by atoms with Crippen LogP contribution in [-0.4, -0.2) is 66.1 Å². The van der Waals surface area contributed by atoms with Crippen molar-refractivity contribution in [2.75, 3.05) is 66.1 Å². The summed E-state index contributed by atoms with van der Waals surface area (Å²) in [6, 6.07) is 8.30. The third kappa shape index (κ3) is 12.6. The molecule has 0 aliphatic rings. The molecule has 0 fully saturated rings. The van der Waals surface area contributed by atoms with Gasteiger partial charge in [-0.05, 0) is 56.0 Å². The molecule has 0 heterocycles. The number of ether oxygens (including phenoxy) is 6. The Morgan fingerprint density at radius 2 is 1.03 bits per heavy atom. The van der Waals surface area contributed by atoms with Gasteiger partial charge in [0.25, 0.3) is 0 Å². The smallest absolute Gasteiger partial charge is 0.111 e. The average Bonchev–Trinajstić information content (AvgIpc) is 2.77. The molecule has 0 aliphatic carbocycles. The van der Waals surface area contributed by atoms with Crippen molar-refractivity contribution in [3.8, 4) is 0 Å². The lowest BCUT2D eigenvalue weighted by Crippen LogP contribution is -2.08. The first-order valence-corrected chi connectivity index (χ1v) is 10.7. The highest BCUT2D eigenvalue weighted by atomic mass is 16.5. The second-order valence-electron chi connectivity index (χ2n) is 6.54. The van der Waals surface area contributed by atoms with Gasteiger partial charge in [-0.3, -0.25) is 0 Å². The van der Waals surface area contributed by atoms with Gasteiger partial charge in [0, 0.05) is 13.2 Å². The first kappa shape index (κ1) is 26.2. The van der Waals surface area contributed by atoms with Crippen LogP contribution in [0, 0.1) is 0 Å². The Hall–Kier alpha value is -1.86. The summed E-state index contributed by atoms with van der Waals surface area (Å²) < 4.78 is 32.5. The zero-order chi connectivity index (χ0) is 21.9. The van der Waals surface area contributed by atoms with Crippen LogP contribution < -0.4 is 0 Å². The molecule has 6 heteroatoms. The molecule has 1 aromatic carbocycles. The highest BCUT2D eigenvalue weighted by Crippen LogP contribution is 2.20. The van der Waals surface area contributed by atoms with E-state index in [9.17, 15) is 0 Å². The van der Waals surface area contributed by atoms with Crippen LogP contribution in [0.1, 0.15) is 38.8 Å². The summed E-state index contributed by atoms with van der Waals surface area (Å²) in [5, 5.41) is 0. The molecule has 0 saturated heterocycles. The van der Waals surface area contributed by atoms with Crippen molar-refractivity contribution in [3.05, 3.63) is 47.9 Å². The predicted molar refractivity (Wildman–Crippen MR) is 120 cm³/mol. The van der Waals surface area contributed by atoms with Gasteiger partial charge in [0.05, 0.1) is 52.2 Å². The molecule has 0 atom stereocenters. The van der Waals surface area contributed by atoms with E-state index in [0.717, 1.165) is 22.3 Å². The Morgan fingerprint density at radius 1 is 0.633 bits per heavy atom. The highest BCUT2D eigenvalue weighted by Gasteiger charge is 2.01. The van der Waals surface area contributed by atoms with Gasteiger partial charge < -0.3 is 28.4 Å². The first-order chi connectivity index (χ1) is 14.7. The van der Waals surface area contributed by atoms with Gasteiger partial charge in [-0.2, -0.15) is 0 Å². The Kier molecular flexibility index (Phi) is 15.7. The first-order valence-electron chi connectivity index (χ1n) is 10.7. The summed E-state index contributed by atoms with van der Waals surface area (Å²) >= 11 is 0. The van der Waals surface area contributed by atoms with Crippen molar-refractivity contribution >= 4 is 11.1 Å². The maximum Gasteiger partial charge on any atom is 0.111 e. The van der Waals surface area contributed by atoms with Crippen molar-refractivity contribution in [2.45, 2.75) is 27.7 Å². The molecule has 1 aromatic rings. The Morgan fingerprint density at radius 3 is 1.47 bits per heavy atom. The maximum atomic E-state index is 5.59. The zero-order valence-electron chi connectivity index (χ0n) is 19.0. The largest absolute Gasteiger partial charge is 0.498 e. The average molecular weight is 423 g/mol. The van der Waals surface area contributed by atoms with Crippen molar-refractivity contribution in [3.63, 3.8) is 0 Å². The molecule has 0 unspecified atom stereocenters. The molecule has 6 nitrogen and oxygen atoms in total. The van der Waals surface area contributed by atoms with E-state index in [4.69, 9.17) is 28.4 Å². The number of hydrogen-bond donors (Lipinski definition) is 0. The normalized spacial score (nSPS) is 12.3. The fourth-order valence-corrected chi connectivity index (χ4v) is 2.46. The van der Waals surface area contributed by atoms with Crippen LogP contribution >= 0.6 is 0 Å². The number of allylic oxidation sites excluding steroid dienone is 2. The Labute approximate surface area is 181 Å². The lowest BCUT2D eigenvalue weighted by Gasteiger charge is -2.09. The van der Waals surface area contributed by atoms with Gasteiger partial charge in [-0.25, -0.2) is 0 Å². The third-order valence-electron chi connectivity index (χ3n) is 4.14. The molecule has 0 aromatic heterocycles. The molecule has 170 valence electrons. The molecule has 0 saturated carbocycles. The second kappa shape index (κ2) is 18.0. The number of hydrogen-bond acceptors (Lipinski definition) is 6. The van der Waals surface area contributed by atoms with Crippen LogP contribution in [0.2, 0.25) is 0 Å². The molecule has 1 rings (SSSR count). The van der Waals surface area contributed by atoms with E-state index in [1.54, 1.807) is 12.5 Å². The molecule has 0 N–H and O–H groups in total. The molecule has 0 amide bonds. The predicted octanol–water partition coefficient (Wildman–Crippen LogP) is 4.55. The molecule has 0 bridgehead atoms. The summed E-state index contributed by atoms with van der Waals surface area (Å²) in [6.45, 7) is 14.0. The van der Waals surface area contributed by atoms with Gasteiger partial charge in [0.2, 0.25) is 0 Å². The summed E-state index contributed by atoms with van der Waals surface area (Å²) in [6.07, 6.45) is 3.56. The van der Waals surface area contributed by atoms with Gasteiger partial charge in [0.1, 0.15) is 13.2 Å². The standard InChI is InChI=1S/C24H38O6/c1-5-25-10-12-27-14-16-29-19-21(3)23-8-7-9-24(18-23)22(4)20-30-17-15-28-13-11-26-6-2/h7-9,18-20H,5-6,10-17H2,1-4H3. The summed E-state index contributed by atoms with van der Waals surface area (Å²) in [7, 11) is 0. The minimum Gasteiger partial charge on any atom is -0.498 e. The van der Waals surface area contributed by atoms with Crippen molar-refractivity contribution < 1.29 is 28.4 Å². The van der Waals surface area contributed by atoms with Gasteiger partial charge in [-0.15, -0.1) is 0 Å². The quantitative estimate of drug-likeness (QED) is 0.256. The SMILES string of the molecule is CCOCCOCCOC=C(C)c1cccc(C(C)=COCCOCCOCC)c1. The molecule has 0 aliphatic heterocycles. The second-order valence-corrected chi connectivity index (χ2v) is 6.54. The van der Waals surface area contributed by atoms with E-state index in [1.165, 1.54) is 0 Å². The lowest BCUT2D eigenvalue weighted by molar-refractivity contribution is 0.0343. The van der Waals surface area contributed by atoms with E-state index >= 15 is 0 Å². The van der Waals surface area contributed by atoms with E-state index in [2.05, 4.69) is 18.2 Å². The number of benzene rings is 1. The van der Waals surface area contributed by atoms with Crippen LogP contribution in [0.25, 0.3) is 11.1 Å². The van der Waals surface area contributed by atoms with Crippen molar-refractivity contribution in [2.24, 2.45) is 0 Å². The third-order valence-corrected chi connectivity index (χ3v) is 4.14. The lowest BCUT2D eigenvalue weighted by atomic mass is 10.0. The maximum absolute atomic E-state index is 5.59. The van der Waals surface area contributed by atoms with E-state index in [0.29, 0.717) is 66.1 Å². The van der Waals surface area contributed by atoms with Gasteiger partial charge in [-0.1, -0.05) is 18.2 Å². The minimum absolute atomic E-state index is 0.516. The van der Waals surface area contributed by atoms with E-state index in [1.807, 2.05) is 33.8 Å².